The van der Waals surface area contributed by atoms with E-state index in [9.17, 15) is 0 Å². The van der Waals surface area contributed by atoms with Gasteiger partial charge in [-0.05, 0) is 0 Å². The second kappa shape index (κ2) is 49.5. The minimum absolute atomic E-state index is 0. The maximum absolute atomic E-state index is 9.00. The predicted octanol–water partition coefficient (Wildman–Crippen LogP) is -6.50. The second-order valence-electron chi connectivity index (χ2n) is 2.65. The fourth-order valence-electron chi connectivity index (χ4n) is 0. The topological polar surface area (TPSA) is 201 Å². The fourth-order valence-corrected chi connectivity index (χ4v) is 0. The summed E-state index contributed by atoms with van der Waals surface area (Å²) < 4.78 is 0. The van der Waals surface area contributed by atoms with Crippen LogP contribution in [0.4, 0.5) is 0 Å². The van der Waals surface area contributed by atoms with E-state index in [-0.39, 0.29) is 79.0 Å². The molecule has 0 unspecified atom stereocenters. The molecule has 0 atom stereocenters. The van der Waals surface area contributed by atoms with Gasteiger partial charge in [-0.1, -0.05) is 0 Å². The summed E-state index contributed by atoms with van der Waals surface area (Å²) >= 11 is 0. The smallest absolute Gasteiger partial charge is 1.00 e. The van der Waals surface area contributed by atoms with Gasteiger partial charge in [-0.2, -0.15) is 0 Å². The van der Waals surface area contributed by atoms with Crippen molar-refractivity contribution in [3.8, 4) is 0 Å². The summed E-state index contributed by atoms with van der Waals surface area (Å²) in [7, 11) is 0. The fraction of sp³-hybridized carbons (Fsp3) is 0.600. The van der Waals surface area contributed by atoms with Gasteiger partial charge in [-0.3, -0.25) is 19.2 Å². The van der Waals surface area contributed by atoms with Crippen LogP contribution >= 0.6 is 0 Å². The van der Waals surface area contributed by atoms with Crippen LogP contribution in [0.25, 0.3) is 0 Å². The maximum Gasteiger partial charge on any atom is 1.00 e. The summed E-state index contributed by atoms with van der Waals surface area (Å²) in [6, 6.07) is 0. The Labute approximate surface area is 193 Å². The molecule has 0 fully saturated rings. The van der Waals surface area contributed by atoms with Crippen LogP contribution in [0, 0.1) is 0 Å². The molecule has 0 aliphatic rings. The molecule has 0 aromatic carbocycles. The Balaban J connectivity index is -0.0000000134. The molecule has 0 aliphatic carbocycles. The monoisotopic (exact) mass is 404 g/mol. The van der Waals surface area contributed by atoms with Crippen molar-refractivity contribution in [2.45, 2.75) is 27.7 Å². The van der Waals surface area contributed by atoms with Crippen molar-refractivity contribution in [3.63, 3.8) is 0 Å². The minimum atomic E-state index is -0.833. The van der Waals surface area contributed by atoms with Crippen LogP contribution in [-0.4, -0.2) is 57.4 Å². The van der Waals surface area contributed by atoms with Gasteiger partial charge in [0, 0.05) is 57.9 Å². The number of aliphatic carboxylic acids is 4. The van der Waals surface area contributed by atoms with Crippen LogP contribution in [0.2, 0.25) is 0 Å². The van der Waals surface area contributed by atoms with E-state index >= 15 is 0 Å². The van der Waals surface area contributed by atoms with Gasteiger partial charge in [0.05, 0.1) is 0 Å². The van der Waals surface area contributed by atoms with Crippen LogP contribution in [0.15, 0.2) is 0 Å². The summed E-state index contributed by atoms with van der Waals surface area (Å²) in [6.45, 7) is 5.53. The van der Waals surface area contributed by atoms with E-state index in [0.29, 0.717) is 13.1 Å². The summed E-state index contributed by atoms with van der Waals surface area (Å²) in [5.74, 6) is -3.33. The van der Waals surface area contributed by atoms with E-state index in [1.54, 1.807) is 0 Å². The molecule has 0 rings (SSSR count). The molecule has 134 valence electrons. The summed E-state index contributed by atoms with van der Waals surface area (Å²) in [5.41, 5.74) is 9.81. The van der Waals surface area contributed by atoms with E-state index in [0.717, 1.165) is 27.7 Å². The number of carbonyl (C=O) groups is 4. The Hall–Kier alpha value is 0.319. The van der Waals surface area contributed by atoms with Crippen LogP contribution in [-0.2, 0) is 36.2 Å². The maximum atomic E-state index is 9.00. The van der Waals surface area contributed by atoms with Crippen molar-refractivity contribution in [2.24, 2.45) is 11.5 Å². The SMILES string of the molecule is CC(=O)O.CC(=O)O.CC(=O)O.CC(=O)O.NCCN.[Fe].[H-].[H-].[Na+].[Na+]. The Morgan fingerprint density at radius 1 is 0.652 bits per heavy atom. The van der Waals surface area contributed by atoms with Crippen molar-refractivity contribution in [1.82, 2.24) is 0 Å². The molecule has 0 aromatic heterocycles. The number of hydrogen-bond donors (Lipinski definition) is 6. The molecule has 0 bridgehead atoms. The third-order valence-corrected chi connectivity index (χ3v) is 0.167. The van der Waals surface area contributed by atoms with Crippen LogP contribution in [0.1, 0.15) is 30.5 Å². The number of nitrogens with two attached hydrogens (primary N) is 2. The number of carboxylic acid groups (broad SMARTS) is 4. The molecule has 0 amide bonds. The van der Waals surface area contributed by atoms with E-state index < -0.39 is 23.9 Å². The summed E-state index contributed by atoms with van der Waals surface area (Å²) in [6.07, 6.45) is 0. The van der Waals surface area contributed by atoms with Crippen molar-refractivity contribution < 1.29 is 119 Å². The second-order valence-corrected chi connectivity index (χ2v) is 2.65. The third kappa shape index (κ3) is 5290. The standard InChI is InChI=1S/C2H8N2.4C2H4O2.Fe.2Na.2H/c3-1-2-4;4*1-2(3)4;;;;;/h1-4H2;4*1H3,(H,3,4);;;;;/q;;;;;;2*+1;2*-1. The van der Waals surface area contributed by atoms with E-state index in [1.165, 1.54) is 0 Å². The van der Waals surface area contributed by atoms with Gasteiger partial charge in [0.1, 0.15) is 0 Å². The molecule has 0 saturated heterocycles. The molecule has 10 nitrogen and oxygen atoms in total. The van der Waals surface area contributed by atoms with Gasteiger partial charge in [0.2, 0.25) is 0 Å². The molecule has 0 saturated carbocycles. The number of carboxylic acids is 4. The van der Waals surface area contributed by atoms with Crippen molar-refractivity contribution in [3.05, 3.63) is 0 Å². The Morgan fingerprint density at radius 2 is 0.696 bits per heavy atom. The molecular formula is C10H26FeN2Na2O8. The Kier molecular flexibility index (Phi) is 106. The van der Waals surface area contributed by atoms with Crippen molar-refractivity contribution in [2.75, 3.05) is 13.1 Å². The normalized spacial score (nSPS) is 5.65. The van der Waals surface area contributed by atoms with Crippen molar-refractivity contribution in [1.29, 1.82) is 0 Å². The first kappa shape index (κ1) is 49.5. The molecule has 0 aromatic rings. The zero-order valence-corrected chi connectivity index (χ0v) is 19.4. The van der Waals surface area contributed by atoms with Gasteiger partial charge >= 0.3 is 59.1 Å². The van der Waals surface area contributed by atoms with E-state index in [2.05, 4.69) is 0 Å². The molecule has 13 heteroatoms. The molecule has 0 spiro atoms. The van der Waals surface area contributed by atoms with Gasteiger partial charge in [0.15, 0.2) is 0 Å². The summed E-state index contributed by atoms with van der Waals surface area (Å²) in [4.78, 5) is 36.0. The van der Waals surface area contributed by atoms with Crippen LogP contribution < -0.4 is 70.6 Å². The predicted molar refractivity (Wildman–Crippen MR) is 73.6 cm³/mol. The molecule has 0 aliphatic heterocycles. The zero-order valence-electron chi connectivity index (χ0n) is 16.3. The first-order valence-corrected chi connectivity index (χ1v) is 5.03. The Morgan fingerprint density at radius 3 is 0.696 bits per heavy atom. The average molecular weight is 404 g/mol. The summed E-state index contributed by atoms with van der Waals surface area (Å²) in [5, 5.41) is 29.7. The average Bonchev–Trinajstić information content (AvgIpc) is 2.13. The molecule has 8 N–H and O–H groups in total. The third-order valence-electron chi connectivity index (χ3n) is 0.167. The first-order valence-electron chi connectivity index (χ1n) is 5.03. The van der Waals surface area contributed by atoms with Gasteiger partial charge < -0.3 is 34.7 Å². The zero-order chi connectivity index (χ0) is 17.7. The van der Waals surface area contributed by atoms with Crippen LogP contribution in [0.5, 0.6) is 0 Å². The van der Waals surface area contributed by atoms with E-state index in [4.69, 9.17) is 51.1 Å². The Bertz CT molecular complexity index is 215. The van der Waals surface area contributed by atoms with Crippen LogP contribution in [0.3, 0.4) is 0 Å². The minimum Gasteiger partial charge on any atom is -1.00 e. The largest absolute Gasteiger partial charge is 1.00 e. The van der Waals surface area contributed by atoms with E-state index in [1.807, 2.05) is 0 Å². The quantitative estimate of drug-likeness (QED) is 0.228. The van der Waals surface area contributed by atoms with Gasteiger partial charge in [-0.15, -0.1) is 0 Å². The number of hydrogen-bond acceptors (Lipinski definition) is 6. The van der Waals surface area contributed by atoms with Crippen molar-refractivity contribution >= 4 is 23.9 Å². The molecule has 0 heterocycles. The first-order chi connectivity index (χ1) is 8.84. The van der Waals surface area contributed by atoms with Gasteiger partial charge in [-0.25, -0.2) is 0 Å². The molecule has 23 heavy (non-hydrogen) atoms. The van der Waals surface area contributed by atoms with Gasteiger partial charge in [0.25, 0.3) is 23.9 Å². The molecule has 0 radical (unpaired) electrons. The number of rotatable bonds is 1. The molecular weight excluding hydrogens is 378 g/mol.